The number of rotatable bonds is 4. The normalized spacial score (nSPS) is 10.4. The molecule has 2 aromatic rings. The van der Waals surface area contributed by atoms with Crippen LogP contribution in [0.5, 0.6) is 0 Å². The molecular formula is C17H15BrFN3OS. The fourth-order valence-corrected chi connectivity index (χ4v) is 2.29. The van der Waals surface area contributed by atoms with Crippen LogP contribution < -0.4 is 16.2 Å². The van der Waals surface area contributed by atoms with Gasteiger partial charge in [0.2, 0.25) is 0 Å². The second-order valence-corrected chi connectivity index (χ2v) is 6.11. The number of hydrogen-bond acceptors (Lipinski definition) is 2. The van der Waals surface area contributed by atoms with Crippen molar-refractivity contribution in [2.45, 2.75) is 6.54 Å². The average molecular weight is 408 g/mol. The Balaban J connectivity index is 1.77. The third kappa shape index (κ3) is 6.10. The summed E-state index contributed by atoms with van der Waals surface area (Å²) in [5, 5.41) is 3.25. The van der Waals surface area contributed by atoms with E-state index in [0.29, 0.717) is 12.1 Å². The maximum Gasteiger partial charge on any atom is 0.262 e. The predicted octanol–water partition coefficient (Wildman–Crippen LogP) is 3.30. The van der Waals surface area contributed by atoms with Crippen LogP contribution >= 0.6 is 28.1 Å². The molecule has 0 aliphatic carbocycles. The largest absolute Gasteiger partial charge is 0.357 e. The number of halogens is 2. The summed E-state index contributed by atoms with van der Waals surface area (Å²) >= 11 is 8.31. The lowest BCUT2D eigenvalue weighted by molar-refractivity contribution is -0.116. The molecular weight excluding hydrogens is 393 g/mol. The van der Waals surface area contributed by atoms with Crippen molar-refractivity contribution < 1.29 is 9.18 Å². The van der Waals surface area contributed by atoms with E-state index < -0.39 is 11.7 Å². The number of carbonyl (C=O) groups excluding carboxylic acids is 1. The second-order valence-electron chi connectivity index (χ2n) is 4.78. The molecule has 0 unspecified atom stereocenters. The van der Waals surface area contributed by atoms with Crippen LogP contribution in [0.4, 0.5) is 4.39 Å². The van der Waals surface area contributed by atoms with Gasteiger partial charge in [0.05, 0.1) is 0 Å². The molecule has 24 heavy (non-hydrogen) atoms. The fourth-order valence-electron chi connectivity index (χ4n) is 1.79. The van der Waals surface area contributed by atoms with Gasteiger partial charge in [-0.2, -0.15) is 0 Å². The van der Waals surface area contributed by atoms with Gasteiger partial charge in [-0.15, -0.1) is 0 Å². The summed E-state index contributed by atoms with van der Waals surface area (Å²) in [4.78, 5) is 11.7. The summed E-state index contributed by atoms with van der Waals surface area (Å²) in [7, 11) is 0. The molecule has 0 heterocycles. The first-order chi connectivity index (χ1) is 11.5. The molecule has 1 amide bonds. The van der Waals surface area contributed by atoms with Crippen molar-refractivity contribution in [3.05, 3.63) is 76.0 Å². The molecule has 0 bridgehead atoms. The first-order valence-electron chi connectivity index (χ1n) is 7.05. The molecule has 4 nitrogen and oxygen atoms in total. The lowest BCUT2D eigenvalue weighted by atomic mass is 10.2. The Bertz CT molecular complexity index is 753. The topological polar surface area (TPSA) is 53.2 Å². The van der Waals surface area contributed by atoms with Crippen LogP contribution in [0.1, 0.15) is 11.1 Å². The molecule has 2 rings (SSSR count). The Labute approximate surface area is 153 Å². The minimum absolute atomic E-state index is 0.286. The Morgan fingerprint density at radius 2 is 1.92 bits per heavy atom. The van der Waals surface area contributed by atoms with Crippen molar-refractivity contribution in [3.8, 4) is 0 Å². The molecule has 0 spiro atoms. The summed E-state index contributed by atoms with van der Waals surface area (Å²) in [6.45, 7) is 0.543. The number of carbonyl (C=O) groups is 1. The first kappa shape index (κ1) is 18.1. The van der Waals surface area contributed by atoms with E-state index in [1.807, 2.05) is 30.3 Å². The monoisotopic (exact) mass is 407 g/mol. The molecule has 0 saturated carbocycles. The maximum atomic E-state index is 13.5. The van der Waals surface area contributed by atoms with E-state index in [0.717, 1.165) is 10.0 Å². The zero-order valence-electron chi connectivity index (χ0n) is 12.6. The van der Waals surface area contributed by atoms with Gasteiger partial charge in [-0.25, -0.2) is 4.39 Å². The maximum absolute atomic E-state index is 13.5. The van der Waals surface area contributed by atoms with Gasteiger partial charge >= 0.3 is 0 Å². The van der Waals surface area contributed by atoms with E-state index in [1.165, 1.54) is 18.2 Å². The van der Waals surface area contributed by atoms with Crippen molar-refractivity contribution in [1.29, 1.82) is 0 Å². The van der Waals surface area contributed by atoms with Gasteiger partial charge in [0.25, 0.3) is 5.91 Å². The quantitative estimate of drug-likeness (QED) is 0.413. The molecule has 0 aliphatic rings. The van der Waals surface area contributed by atoms with Gasteiger partial charge < -0.3 is 5.32 Å². The summed E-state index contributed by atoms with van der Waals surface area (Å²) in [5.74, 6) is -0.853. The zero-order chi connectivity index (χ0) is 17.4. The molecule has 0 aromatic heterocycles. The highest BCUT2D eigenvalue weighted by atomic mass is 79.9. The third-order valence-electron chi connectivity index (χ3n) is 2.97. The second kappa shape index (κ2) is 9.14. The minimum Gasteiger partial charge on any atom is -0.357 e. The molecule has 0 fully saturated rings. The van der Waals surface area contributed by atoms with Crippen LogP contribution in [0.3, 0.4) is 0 Å². The zero-order valence-corrected chi connectivity index (χ0v) is 15.0. The number of amides is 1. The predicted molar refractivity (Wildman–Crippen MR) is 100 cm³/mol. The average Bonchev–Trinajstić information content (AvgIpc) is 2.59. The lowest BCUT2D eigenvalue weighted by Gasteiger charge is -2.10. The summed E-state index contributed by atoms with van der Waals surface area (Å²) in [6.07, 6.45) is 2.61. The van der Waals surface area contributed by atoms with E-state index in [-0.39, 0.29) is 5.11 Å². The molecule has 3 N–H and O–H groups in total. The van der Waals surface area contributed by atoms with Crippen molar-refractivity contribution in [2.75, 3.05) is 0 Å². The van der Waals surface area contributed by atoms with Gasteiger partial charge in [0, 0.05) is 22.7 Å². The SMILES string of the molecule is O=C(/C=C/c1cc(Br)ccc1F)NNC(=S)NCc1ccccc1. The highest BCUT2D eigenvalue weighted by Crippen LogP contribution is 2.16. The summed E-state index contributed by atoms with van der Waals surface area (Å²) in [6, 6.07) is 14.2. The van der Waals surface area contributed by atoms with Gasteiger partial charge in [-0.3, -0.25) is 15.6 Å². The number of nitrogens with one attached hydrogen (secondary N) is 3. The van der Waals surface area contributed by atoms with E-state index in [9.17, 15) is 9.18 Å². The molecule has 0 saturated heterocycles. The van der Waals surface area contributed by atoms with Gasteiger partial charge in [-0.1, -0.05) is 46.3 Å². The van der Waals surface area contributed by atoms with Crippen LogP contribution in [0.15, 0.2) is 59.1 Å². The van der Waals surface area contributed by atoms with E-state index in [2.05, 4.69) is 32.1 Å². The molecule has 2 aromatic carbocycles. The van der Waals surface area contributed by atoms with E-state index >= 15 is 0 Å². The summed E-state index contributed by atoms with van der Waals surface area (Å²) < 4.78 is 14.3. The Kier molecular flexibility index (Phi) is 6.89. The van der Waals surface area contributed by atoms with Gasteiger partial charge in [0.15, 0.2) is 5.11 Å². The highest BCUT2D eigenvalue weighted by Gasteiger charge is 2.01. The van der Waals surface area contributed by atoms with Crippen molar-refractivity contribution in [2.24, 2.45) is 0 Å². The van der Waals surface area contributed by atoms with Crippen LogP contribution in [-0.4, -0.2) is 11.0 Å². The van der Waals surface area contributed by atoms with E-state index in [4.69, 9.17) is 12.2 Å². The Morgan fingerprint density at radius 1 is 1.17 bits per heavy atom. The number of hydrogen-bond donors (Lipinski definition) is 3. The van der Waals surface area contributed by atoms with Crippen molar-refractivity contribution in [3.63, 3.8) is 0 Å². The third-order valence-corrected chi connectivity index (χ3v) is 3.71. The van der Waals surface area contributed by atoms with Crippen LogP contribution in [0.2, 0.25) is 0 Å². The summed E-state index contributed by atoms with van der Waals surface area (Å²) in [5.41, 5.74) is 6.37. The molecule has 124 valence electrons. The lowest BCUT2D eigenvalue weighted by Crippen LogP contribution is -2.45. The van der Waals surface area contributed by atoms with Crippen molar-refractivity contribution in [1.82, 2.24) is 16.2 Å². The Hall–Kier alpha value is -2.25. The minimum atomic E-state index is -0.446. The smallest absolute Gasteiger partial charge is 0.262 e. The highest BCUT2D eigenvalue weighted by molar-refractivity contribution is 9.10. The standard InChI is InChI=1S/C17H15BrFN3OS/c18-14-7-8-15(19)13(10-14)6-9-16(23)21-22-17(24)20-11-12-4-2-1-3-5-12/h1-10H,11H2,(H,21,23)(H2,20,22,24)/b9-6+. The van der Waals surface area contributed by atoms with Gasteiger partial charge in [0.1, 0.15) is 5.82 Å². The molecule has 0 atom stereocenters. The first-order valence-corrected chi connectivity index (χ1v) is 8.25. The van der Waals surface area contributed by atoms with Gasteiger partial charge in [-0.05, 0) is 42.1 Å². The van der Waals surface area contributed by atoms with Crippen molar-refractivity contribution >= 4 is 45.2 Å². The van der Waals surface area contributed by atoms with Crippen LogP contribution in [-0.2, 0) is 11.3 Å². The van der Waals surface area contributed by atoms with Crippen LogP contribution in [0, 0.1) is 5.82 Å². The molecule has 0 aliphatic heterocycles. The molecule has 7 heteroatoms. The fraction of sp³-hybridized carbons (Fsp3) is 0.0588. The number of benzene rings is 2. The van der Waals surface area contributed by atoms with E-state index in [1.54, 1.807) is 12.1 Å². The number of hydrazine groups is 1. The number of thiocarbonyl (C=S) groups is 1. The van der Waals surface area contributed by atoms with Crippen LogP contribution in [0.25, 0.3) is 6.08 Å². The Morgan fingerprint density at radius 3 is 2.67 bits per heavy atom. The molecule has 0 radical (unpaired) electrons.